The summed E-state index contributed by atoms with van der Waals surface area (Å²) < 4.78 is 0. The van der Waals surface area contributed by atoms with Gasteiger partial charge in [0.05, 0.1) is 0 Å². The summed E-state index contributed by atoms with van der Waals surface area (Å²) in [6, 6.07) is 6.63. The van der Waals surface area contributed by atoms with Crippen molar-refractivity contribution < 1.29 is 0 Å². The minimum absolute atomic E-state index is 0.751. The molecule has 0 nitrogen and oxygen atoms in total. The van der Waals surface area contributed by atoms with Gasteiger partial charge in [0.15, 0.2) is 0 Å². The van der Waals surface area contributed by atoms with Crippen LogP contribution in [0.5, 0.6) is 0 Å². The maximum atomic E-state index is 2.33. The first-order chi connectivity index (χ1) is 6.75. The molecule has 0 N–H and O–H groups in total. The van der Waals surface area contributed by atoms with Gasteiger partial charge in [-0.2, -0.15) is 0 Å². The van der Waals surface area contributed by atoms with Gasteiger partial charge in [-0.05, 0) is 40.8 Å². The van der Waals surface area contributed by atoms with Crippen LogP contribution in [0.2, 0.25) is 0 Å². The zero-order chi connectivity index (χ0) is 9.97. The van der Waals surface area contributed by atoms with Crippen LogP contribution in [0.1, 0.15) is 19.4 Å². The zero-order valence-electron chi connectivity index (χ0n) is 8.49. The second-order valence-corrected chi connectivity index (χ2v) is 5.75. The minimum Gasteiger partial charge on any atom is -0.143 e. The van der Waals surface area contributed by atoms with Crippen LogP contribution in [0.4, 0.5) is 0 Å². The van der Waals surface area contributed by atoms with E-state index in [4.69, 9.17) is 0 Å². The summed E-state index contributed by atoms with van der Waals surface area (Å²) in [5.74, 6) is 0.751. The minimum atomic E-state index is 0.751. The molecule has 0 bridgehead atoms. The molecule has 0 saturated carbocycles. The summed E-state index contributed by atoms with van der Waals surface area (Å²) in [6.45, 7) is 4.53. The molecule has 0 aliphatic heterocycles. The second-order valence-electron chi connectivity index (χ2n) is 3.89. The van der Waals surface area contributed by atoms with Gasteiger partial charge in [-0.3, -0.25) is 0 Å². The summed E-state index contributed by atoms with van der Waals surface area (Å²) in [7, 11) is 0. The number of hydrogen-bond acceptors (Lipinski definition) is 2. The first-order valence-electron chi connectivity index (χ1n) is 4.87. The maximum absolute atomic E-state index is 2.33. The average Bonchev–Trinajstić information content (AvgIpc) is 2.69. The van der Waals surface area contributed by atoms with Crippen LogP contribution in [0, 0.1) is 5.92 Å². The molecule has 0 unspecified atom stereocenters. The SMILES string of the molecule is CC(C)Cc1csc(-c2cccs2)c1. The van der Waals surface area contributed by atoms with Crippen molar-refractivity contribution in [3.8, 4) is 9.75 Å². The molecule has 2 heterocycles. The van der Waals surface area contributed by atoms with Gasteiger partial charge in [0.25, 0.3) is 0 Å². The van der Waals surface area contributed by atoms with E-state index in [0.29, 0.717) is 0 Å². The first kappa shape index (κ1) is 9.94. The predicted molar refractivity (Wildman–Crippen MR) is 66.2 cm³/mol. The average molecular weight is 222 g/mol. The van der Waals surface area contributed by atoms with E-state index >= 15 is 0 Å². The highest BCUT2D eigenvalue weighted by molar-refractivity contribution is 7.20. The molecule has 2 heteroatoms. The number of thiophene rings is 2. The Hall–Kier alpha value is -0.600. The van der Waals surface area contributed by atoms with E-state index in [0.717, 1.165) is 5.92 Å². The molecular formula is C12H14S2. The fourth-order valence-electron chi connectivity index (χ4n) is 1.50. The van der Waals surface area contributed by atoms with Gasteiger partial charge >= 0.3 is 0 Å². The Balaban J connectivity index is 2.18. The summed E-state index contributed by atoms with van der Waals surface area (Å²) in [5.41, 5.74) is 1.48. The van der Waals surface area contributed by atoms with E-state index in [1.807, 2.05) is 22.7 Å². The van der Waals surface area contributed by atoms with E-state index in [1.165, 1.54) is 21.7 Å². The molecule has 2 rings (SSSR count). The third kappa shape index (κ3) is 2.25. The molecule has 0 aromatic carbocycles. The van der Waals surface area contributed by atoms with Crippen LogP contribution >= 0.6 is 22.7 Å². The number of rotatable bonds is 3. The topological polar surface area (TPSA) is 0 Å². The van der Waals surface area contributed by atoms with Gasteiger partial charge in [0.1, 0.15) is 0 Å². The normalized spacial score (nSPS) is 11.1. The third-order valence-corrected chi connectivity index (χ3v) is 4.11. The van der Waals surface area contributed by atoms with Crippen LogP contribution in [-0.4, -0.2) is 0 Å². The van der Waals surface area contributed by atoms with Gasteiger partial charge in [-0.1, -0.05) is 19.9 Å². The molecule has 14 heavy (non-hydrogen) atoms. The quantitative estimate of drug-likeness (QED) is 0.707. The molecule has 2 aromatic rings. The number of hydrogen-bond donors (Lipinski definition) is 0. The first-order valence-corrected chi connectivity index (χ1v) is 6.63. The highest BCUT2D eigenvalue weighted by Gasteiger charge is 2.04. The van der Waals surface area contributed by atoms with Gasteiger partial charge in [-0.25, -0.2) is 0 Å². The van der Waals surface area contributed by atoms with E-state index in [2.05, 4.69) is 42.8 Å². The molecule has 0 spiro atoms. The third-order valence-electron chi connectivity index (χ3n) is 2.06. The molecule has 0 saturated heterocycles. The fourth-order valence-corrected chi connectivity index (χ4v) is 3.27. The van der Waals surface area contributed by atoms with Crippen molar-refractivity contribution in [3.05, 3.63) is 34.5 Å². The van der Waals surface area contributed by atoms with Crippen molar-refractivity contribution in [3.63, 3.8) is 0 Å². The lowest BCUT2D eigenvalue weighted by molar-refractivity contribution is 0.649. The summed E-state index contributed by atoms with van der Waals surface area (Å²) >= 11 is 3.68. The second kappa shape index (κ2) is 4.28. The Morgan fingerprint density at radius 1 is 1.21 bits per heavy atom. The monoisotopic (exact) mass is 222 g/mol. The van der Waals surface area contributed by atoms with E-state index < -0.39 is 0 Å². The zero-order valence-corrected chi connectivity index (χ0v) is 10.1. The highest BCUT2D eigenvalue weighted by atomic mass is 32.1. The van der Waals surface area contributed by atoms with Crippen LogP contribution in [0.25, 0.3) is 9.75 Å². The van der Waals surface area contributed by atoms with Gasteiger partial charge in [0.2, 0.25) is 0 Å². The Morgan fingerprint density at radius 3 is 2.71 bits per heavy atom. The maximum Gasteiger partial charge on any atom is 0.0445 e. The Kier molecular flexibility index (Phi) is 3.04. The largest absolute Gasteiger partial charge is 0.143 e. The van der Waals surface area contributed by atoms with Crippen LogP contribution in [-0.2, 0) is 6.42 Å². The van der Waals surface area contributed by atoms with E-state index in [1.54, 1.807) is 0 Å². The van der Waals surface area contributed by atoms with E-state index in [9.17, 15) is 0 Å². The Bertz CT molecular complexity index is 382. The summed E-state index contributed by atoms with van der Waals surface area (Å²) in [5, 5.41) is 4.42. The van der Waals surface area contributed by atoms with Crippen LogP contribution in [0.3, 0.4) is 0 Å². The molecule has 74 valence electrons. The van der Waals surface area contributed by atoms with Crippen molar-refractivity contribution in [2.45, 2.75) is 20.3 Å². The standard InChI is InChI=1S/C12H14S2/c1-9(2)6-10-7-12(14-8-10)11-4-3-5-13-11/h3-5,7-9H,6H2,1-2H3. The fraction of sp³-hybridized carbons (Fsp3) is 0.333. The smallest absolute Gasteiger partial charge is 0.0445 e. The van der Waals surface area contributed by atoms with E-state index in [-0.39, 0.29) is 0 Å². The summed E-state index contributed by atoms with van der Waals surface area (Å²) in [4.78, 5) is 2.81. The molecule has 0 radical (unpaired) electrons. The lowest BCUT2D eigenvalue weighted by Crippen LogP contribution is -1.90. The molecule has 0 fully saturated rings. The Labute approximate surface area is 93.2 Å². The van der Waals surface area contributed by atoms with Gasteiger partial charge in [-0.15, -0.1) is 22.7 Å². The summed E-state index contributed by atoms with van der Waals surface area (Å²) in [6.07, 6.45) is 1.20. The highest BCUT2D eigenvalue weighted by Crippen LogP contribution is 2.31. The van der Waals surface area contributed by atoms with Gasteiger partial charge < -0.3 is 0 Å². The lowest BCUT2D eigenvalue weighted by atomic mass is 10.1. The van der Waals surface area contributed by atoms with Crippen molar-refractivity contribution in [1.82, 2.24) is 0 Å². The molecule has 0 atom stereocenters. The van der Waals surface area contributed by atoms with Crippen LogP contribution in [0.15, 0.2) is 29.0 Å². The molecule has 0 aliphatic rings. The molecule has 2 aromatic heterocycles. The van der Waals surface area contributed by atoms with Crippen molar-refractivity contribution in [2.24, 2.45) is 5.92 Å². The van der Waals surface area contributed by atoms with Gasteiger partial charge in [0, 0.05) is 9.75 Å². The van der Waals surface area contributed by atoms with Crippen molar-refractivity contribution in [2.75, 3.05) is 0 Å². The molecular weight excluding hydrogens is 208 g/mol. The van der Waals surface area contributed by atoms with Crippen molar-refractivity contribution in [1.29, 1.82) is 0 Å². The van der Waals surface area contributed by atoms with Crippen LogP contribution < -0.4 is 0 Å². The molecule has 0 amide bonds. The molecule has 0 aliphatic carbocycles. The lowest BCUT2D eigenvalue weighted by Gasteiger charge is -1.99. The predicted octanol–water partition coefficient (Wildman–Crippen LogP) is 4.68. The Morgan fingerprint density at radius 2 is 2.07 bits per heavy atom. The van der Waals surface area contributed by atoms with Crippen molar-refractivity contribution >= 4 is 22.7 Å².